The maximum atomic E-state index is 12.0. The summed E-state index contributed by atoms with van der Waals surface area (Å²) in [6.07, 6.45) is -5.30. The quantitative estimate of drug-likeness (QED) is 0.200. The van der Waals surface area contributed by atoms with Crippen molar-refractivity contribution in [3.63, 3.8) is 0 Å². The Kier molecular flexibility index (Phi) is 10.0. The third kappa shape index (κ3) is 5.82. The van der Waals surface area contributed by atoms with Crippen molar-refractivity contribution in [1.82, 2.24) is 0 Å². The summed E-state index contributed by atoms with van der Waals surface area (Å²) in [7, 11) is 0. The van der Waals surface area contributed by atoms with Gasteiger partial charge in [-0.3, -0.25) is 0 Å². The van der Waals surface area contributed by atoms with Crippen molar-refractivity contribution in [2.75, 3.05) is 13.2 Å². The van der Waals surface area contributed by atoms with E-state index in [0.717, 1.165) is 50.7 Å². The Bertz CT molecular complexity index is 1340. The van der Waals surface area contributed by atoms with Gasteiger partial charge in [-0.15, -0.1) is 0 Å². The summed E-state index contributed by atoms with van der Waals surface area (Å²) in [5.74, 6) is 1.58. The average molecular weight is 739 g/mol. The minimum absolute atomic E-state index is 0.0632. The third-order valence-corrected chi connectivity index (χ3v) is 15.6. The zero-order chi connectivity index (χ0) is 37.1. The summed E-state index contributed by atoms with van der Waals surface area (Å²) in [6.45, 7) is 11.1. The Hall–Kier alpha value is -0.780. The second kappa shape index (κ2) is 13.7. The maximum absolute atomic E-state index is 12.0. The van der Waals surface area contributed by atoms with Gasteiger partial charge in [0.15, 0.2) is 18.4 Å². The molecular formula is C39H62O13. The summed E-state index contributed by atoms with van der Waals surface area (Å²) in [6, 6.07) is 0. The van der Waals surface area contributed by atoms with E-state index in [1.54, 1.807) is 0 Å². The van der Waals surface area contributed by atoms with Crippen LogP contribution in [-0.2, 0) is 28.4 Å². The number of hydrogen-bond donors (Lipinski definition) is 7. The molecule has 13 nitrogen and oxygen atoms in total. The van der Waals surface area contributed by atoms with Crippen molar-refractivity contribution < 1.29 is 64.2 Å². The van der Waals surface area contributed by atoms with E-state index in [-0.39, 0.29) is 29.0 Å². The molecular weight excluding hydrogens is 676 g/mol. The molecule has 8 aliphatic rings. The van der Waals surface area contributed by atoms with Crippen LogP contribution in [-0.4, -0.2) is 134 Å². The van der Waals surface area contributed by atoms with Gasteiger partial charge in [-0.25, -0.2) is 0 Å². The van der Waals surface area contributed by atoms with Crippen LogP contribution in [0.2, 0.25) is 0 Å². The molecule has 0 bridgehead atoms. The zero-order valence-corrected chi connectivity index (χ0v) is 31.2. The first kappa shape index (κ1) is 38.1. The van der Waals surface area contributed by atoms with Gasteiger partial charge in [-0.1, -0.05) is 39.3 Å². The Labute approximate surface area is 306 Å². The predicted octanol–water partition coefficient (Wildman–Crippen LogP) is 1.36. The van der Waals surface area contributed by atoms with Crippen molar-refractivity contribution in [2.45, 2.75) is 171 Å². The van der Waals surface area contributed by atoms with E-state index in [2.05, 4.69) is 33.8 Å². The van der Waals surface area contributed by atoms with Crippen molar-refractivity contribution >= 4 is 0 Å². The zero-order valence-electron chi connectivity index (χ0n) is 31.2. The topological polar surface area (TPSA) is 197 Å². The monoisotopic (exact) mass is 738 g/mol. The van der Waals surface area contributed by atoms with E-state index >= 15 is 0 Å². The van der Waals surface area contributed by atoms with Crippen LogP contribution < -0.4 is 0 Å². The van der Waals surface area contributed by atoms with Gasteiger partial charge in [0.25, 0.3) is 0 Å². The van der Waals surface area contributed by atoms with Crippen LogP contribution in [0.25, 0.3) is 0 Å². The van der Waals surface area contributed by atoms with Gasteiger partial charge < -0.3 is 64.2 Å². The molecule has 52 heavy (non-hydrogen) atoms. The lowest BCUT2D eigenvalue weighted by atomic mass is 9.46. The molecule has 0 radical (unpaired) electrons. The number of ether oxygens (including phenoxy) is 6. The largest absolute Gasteiger partial charge is 0.394 e. The minimum Gasteiger partial charge on any atom is -0.394 e. The standard InChI is InChI=1S/C39H62O13/c1-17-6-11-39(47-16-17)18(2)28-25(52-39)14-23-27-22(8-10-38(23,28)5)37(4)9-7-21(12-20(37)13-24(27)41)49-36-34(32(45)30(43)26(15-40)50-36)51-35-33(46)31(44)29(42)19(3)48-35/h13,17-19,21-36,40-46H,6-12,14-16H2,1-5H3. The van der Waals surface area contributed by atoms with Crippen LogP contribution >= 0.6 is 0 Å². The molecule has 22 atom stereocenters. The molecule has 0 aromatic rings. The highest BCUT2D eigenvalue weighted by Crippen LogP contribution is 2.70. The summed E-state index contributed by atoms with van der Waals surface area (Å²) in [4.78, 5) is 0. The Morgan fingerprint density at radius 1 is 0.808 bits per heavy atom. The molecule has 4 saturated heterocycles. The number of aliphatic hydroxyl groups is 7. The summed E-state index contributed by atoms with van der Waals surface area (Å²) in [5, 5.41) is 74.9. The van der Waals surface area contributed by atoms with Crippen LogP contribution in [0.5, 0.6) is 0 Å². The van der Waals surface area contributed by atoms with E-state index in [0.29, 0.717) is 42.4 Å². The number of rotatable bonds is 5. The second-order valence-corrected chi connectivity index (χ2v) is 18.4. The molecule has 22 unspecified atom stereocenters. The van der Waals surface area contributed by atoms with Crippen molar-refractivity contribution in [3.05, 3.63) is 11.6 Å². The highest BCUT2D eigenvalue weighted by atomic mass is 16.8. The highest BCUT2D eigenvalue weighted by Gasteiger charge is 2.69. The molecule has 1 spiro atoms. The molecule has 3 saturated carbocycles. The normalized spacial score (nSPS) is 58.9. The SMILES string of the molecule is CC1CCC2(OC1)OC1CC3C4C(O)C=C5CC(OC6OC(CO)C(O)C(O)C6OC6OC(C)C(O)C(O)C6O)CCC5(C)C4CCC3(C)C1C2C. The average Bonchev–Trinajstić information content (AvgIpc) is 3.56. The van der Waals surface area contributed by atoms with Gasteiger partial charge in [0.2, 0.25) is 0 Å². The first-order valence-electron chi connectivity index (χ1n) is 20.0. The second-order valence-electron chi connectivity index (χ2n) is 18.4. The molecule has 0 aromatic heterocycles. The van der Waals surface area contributed by atoms with Crippen LogP contribution in [0, 0.1) is 46.3 Å². The first-order valence-corrected chi connectivity index (χ1v) is 20.0. The maximum Gasteiger partial charge on any atom is 0.187 e. The van der Waals surface area contributed by atoms with Gasteiger partial charge in [-0.05, 0) is 92.3 Å². The van der Waals surface area contributed by atoms with Gasteiger partial charge in [0.1, 0.15) is 42.7 Å². The number of hydrogen-bond acceptors (Lipinski definition) is 13. The number of aliphatic hydroxyl groups excluding tert-OH is 7. The Balaban J connectivity index is 0.984. The molecule has 296 valence electrons. The van der Waals surface area contributed by atoms with Crippen LogP contribution in [0.3, 0.4) is 0 Å². The molecule has 8 rings (SSSR count). The van der Waals surface area contributed by atoms with E-state index in [9.17, 15) is 35.7 Å². The Morgan fingerprint density at radius 2 is 1.58 bits per heavy atom. The van der Waals surface area contributed by atoms with Gasteiger partial charge in [-0.2, -0.15) is 0 Å². The molecule has 13 heteroatoms. The van der Waals surface area contributed by atoms with Crippen molar-refractivity contribution in [2.24, 2.45) is 46.3 Å². The lowest BCUT2D eigenvalue weighted by molar-refractivity contribution is -0.369. The molecule has 7 fully saturated rings. The van der Waals surface area contributed by atoms with Crippen molar-refractivity contribution in [3.8, 4) is 0 Å². The van der Waals surface area contributed by atoms with Crippen molar-refractivity contribution in [1.29, 1.82) is 0 Å². The van der Waals surface area contributed by atoms with E-state index in [4.69, 9.17) is 28.4 Å². The molecule has 4 heterocycles. The van der Waals surface area contributed by atoms with Crippen LogP contribution in [0.15, 0.2) is 11.6 Å². The summed E-state index contributed by atoms with van der Waals surface area (Å²) in [5.41, 5.74) is 1.09. The fourth-order valence-electron chi connectivity index (χ4n) is 12.5. The van der Waals surface area contributed by atoms with Crippen LogP contribution in [0.1, 0.15) is 86.0 Å². The fourth-order valence-corrected chi connectivity index (χ4v) is 12.5. The molecule has 7 N–H and O–H groups in total. The van der Waals surface area contributed by atoms with Gasteiger partial charge >= 0.3 is 0 Å². The lowest BCUT2D eigenvalue weighted by Crippen LogP contribution is -2.64. The van der Waals surface area contributed by atoms with Gasteiger partial charge in [0.05, 0.1) is 37.6 Å². The highest BCUT2D eigenvalue weighted by molar-refractivity contribution is 5.29. The van der Waals surface area contributed by atoms with E-state index in [1.807, 2.05) is 0 Å². The minimum atomic E-state index is -1.64. The number of fused-ring (bicyclic) bond motifs is 7. The van der Waals surface area contributed by atoms with E-state index in [1.165, 1.54) is 6.92 Å². The molecule has 0 amide bonds. The molecule has 4 aliphatic heterocycles. The van der Waals surface area contributed by atoms with Crippen LogP contribution in [0.4, 0.5) is 0 Å². The lowest BCUT2D eigenvalue weighted by Gasteiger charge is -2.59. The third-order valence-electron chi connectivity index (χ3n) is 15.6. The van der Waals surface area contributed by atoms with Gasteiger partial charge in [0, 0.05) is 12.3 Å². The fraction of sp³-hybridized carbons (Fsp3) is 0.949. The molecule has 0 aromatic carbocycles. The van der Waals surface area contributed by atoms with E-state index < -0.39 is 79.9 Å². The summed E-state index contributed by atoms with van der Waals surface area (Å²) < 4.78 is 37.4. The predicted molar refractivity (Wildman–Crippen MR) is 183 cm³/mol. The summed E-state index contributed by atoms with van der Waals surface area (Å²) >= 11 is 0. The molecule has 4 aliphatic carbocycles. The first-order chi connectivity index (χ1) is 24.6. The Morgan fingerprint density at radius 3 is 2.29 bits per heavy atom. The smallest absolute Gasteiger partial charge is 0.187 e.